The molecule has 0 atom stereocenters. The Morgan fingerprint density at radius 3 is 2.58 bits per heavy atom. The second kappa shape index (κ2) is 7.98. The Labute approximate surface area is 182 Å². The smallest absolute Gasteiger partial charge is 0.140 e. The van der Waals surface area contributed by atoms with Crippen molar-refractivity contribution >= 4 is 10.9 Å². The summed E-state index contributed by atoms with van der Waals surface area (Å²) >= 11 is 0. The van der Waals surface area contributed by atoms with Gasteiger partial charge in [-0.25, -0.2) is 0 Å². The molecule has 1 aliphatic heterocycles. The van der Waals surface area contributed by atoms with Gasteiger partial charge < -0.3 is 14.6 Å². The number of nitrogens with one attached hydrogen (secondary N) is 1. The highest BCUT2D eigenvalue weighted by molar-refractivity contribution is 5.86. The third kappa shape index (κ3) is 4.03. The number of fused-ring (bicyclic) bond motifs is 1. The molecule has 0 spiro atoms. The van der Waals surface area contributed by atoms with Crippen LogP contribution in [0.5, 0.6) is 0 Å². The molecule has 5 rings (SSSR count). The highest BCUT2D eigenvalue weighted by atomic mass is 16.5. The molecule has 5 nitrogen and oxygen atoms in total. The number of piperidine rings is 1. The van der Waals surface area contributed by atoms with E-state index in [0.717, 1.165) is 49.5 Å². The molecule has 0 aliphatic carbocycles. The van der Waals surface area contributed by atoms with Crippen LogP contribution in [0.4, 0.5) is 0 Å². The minimum Gasteiger partial charge on any atom is -0.389 e. The molecule has 0 amide bonds. The molecule has 0 saturated carbocycles. The third-order valence-corrected chi connectivity index (χ3v) is 6.71. The zero-order valence-corrected chi connectivity index (χ0v) is 18.2. The summed E-state index contributed by atoms with van der Waals surface area (Å²) in [6.45, 7) is 6.96. The quantitative estimate of drug-likeness (QED) is 0.481. The number of aliphatic hydroxyl groups is 1. The van der Waals surface area contributed by atoms with Crippen molar-refractivity contribution in [3.05, 3.63) is 77.2 Å². The van der Waals surface area contributed by atoms with Gasteiger partial charge in [-0.3, -0.25) is 4.90 Å². The lowest BCUT2D eigenvalue weighted by molar-refractivity contribution is -0.0267. The summed E-state index contributed by atoms with van der Waals surface area (Å²) in [4.78, 5) is 6.06. The first-order valence-corrected chi connectivity index (χ1v) is 11.0. The van der Waals surface area contributed by atoms with E-state index < -0.39 is 5.60 Å². The average Bonchev–Trinajstić information content (AvgIpc) is 3.36. The molecule has 1 aliphatic rings. The number of hydrogen-bond acceptors (Lipinski definition) is 4. The van der Waals surface area contributed by atoms with Gasteiger partial charge in [-0.2, -0.15) is 0 Å². The van der Waals surface area contributed by atoms with Crippen molar-refractivity contribution in [3.63, 3.8) is 0 Å². The molecule has 160 valence electrons. The van der Waals surface area contributed by atoms with Gasteiger partial charge in [0.05, 0.1) is 5.60 Å². The summed E-state index contributed by atoms with van der Waals surface area (Å²) in [5, 5.41) is 16.7. The van der Waals surface area contributed by atoms with Gasteiger partial charge in [0.25, 0.3) is 0 Å². The van der Waals surface area contributed by atoms with Crippen molar-refractivity contribution in [1.29, 1.82) is 0 Å². The van der Waals surface area contributed by atoms with Gasteiger partial charge in [0, 0.05) is 54.3 Å². The molecule has 3 heterocycles. The molecule has 0 bridgehead atoms. The summed E-state index contributed by atoms with van der Waals surface area (Å²) in [6, 6.07) is 18.4. The van der Waals surface area contributed by atoms with Gasteiger partial charge in [-0.15, -0.1) is 0 Å². The Kier molecular flexibility index (Phi) is 5.16. The van der Waals surface area contributed by atoms with Crippen LogP contribution < -0.4 is 0 Å². The Bertz CT molecular complexity index is 1180. The largest absolute Gasteiger partial charge is 0.389 e. The van der Waals surface area contributed by atoms with E-state index in [1.165, 1.54) is 27.7 Å². The standard InChI is InChI=1S/C26H29N3O2/c1-18-7-6-10-22-19(2)24(27-25(18)22)17-29-13-11-26(30,12-14-29)16-21-15-23(28-31-21)20-8-4-3-5-9-20/h3-10,15,27,30H,11-14,16-17H2,1-2H3. The van der Waals surface area contributed by atoms with Crippen molar-refractivity contribution in [2.24, 2.45) is 0 Å². The summed E-state index contributed by atoms with van der Waals surface area (Å²) in [5.41, 5.74) is 6.23. The highest BCUT2D eigenvalue weighted by Crippen LogP contribution is 2.30. The molecule has 5 heteroatoms. The number of likely N-dealkylation sites (tertiary alicyclic amines) is 1. The maximum absolute atomic E-state index is 11.2. The van der Waals surface area contributed by atoms with Crippen LogP contribution in [0.3, 0.4) is 0 Å². The number of para-hydroxylation sites is 1. The second-order valence-electron chi connectivity index (χ2n) is 8.95. The van der Waals surface area contributed by atoms with E-state index in [0.29, 0.717) is 6.42 Å². The number of nitrogens with zero attached hydrogens (tertiary/aromatic N) is 2. The molecule has 1 fully saturated rings. The lowest BCUT2D eigenvalue weighted by Crippen LogP contribution is -2.45. The lowest BCUT2D eigenvalue weighted by Gasteiger charge is -2.37. The Morgan fingerprint density at radius 1 is 1.06 bits per heavy atom. The molecule has 31 heavy (non-hydrogen) atoms. The van der Waals surface area contributed by atoms with Gasteiger partial charge >= 0.3 is 0 Å². The van der Waals surface area contributed by atoms with Crippen LogP contribution in [-0.4, -0.2) is 38.8 Å². The molecule has 0 unspecified atom stereocenters. The summed E-state index contributed by atoms with van der Waals surface area (Å²) in [7, 11) is 0. The summed E-state index contributed by atoms with van der Waals surface area (Å²) in [6.07, 6.45) is 1.96. The fourth-order valence-electron chi connectivity index (χ4n) is 4.70. The molecular formula is C26H29N3O2. The van der Waals surface area contributed by atoms with Crippen molar-refractivity contribution in [2.75, 3.05) is 13.1 Å². The second-order valence-corrected chi connectivity index (χ2v) is 8.95. The van der Waals surface area contributed by atoms with Gasteiger partial charge in [0.15, 0.2) is 0 Å². The van der Waals surface area contributed by atoms with Gasteiger partial charge in [0.2, 0.25) is 0 Å². The van der Waals surface area contributed by atoms with E-state index in [4.69, 9.17) is 4.52 Å². The van der Waals surface area contributed by atoms with Crippen LogP contribution in [0, 0.1) is 13.8 Å². The zero-order valence-electron chi connectivity index (χ0n) is 18.2. The summed E-state index contributed by atoms with van der Waals surface area (Å²) < 4.78 is 5.54. The number of hydrogen-bond donors (Lipinski definition) is 2. The van der Waals surface area contributed by atoms with Crippen LogP contribution in [0.15, 0.2) is 59.1 Å². The van der Waals surface area contributed by atoms with E-state index in [1.807, 2.05) is 36.4 Å². The average molecular weight is 416 g/mol. The lowest BCUT2D eigenvalue weighted by atomic mass is 9.87. The van der Waals surface area contributed by atoms with E-state index in [-0.39, 0.29) is 0 Å². The molecule has 4 aromatic rings. The van der Waals surface area contributed by atoms with E-state index in [2.05, 4.69) is 47.1 Å². The van der Waals surface area contributed by atoms with Crippen molar-refractivity contribution in [2.45, 2.75) is 45.3 Å². The van der Waals surface area contributed by atoms with Gasteiger partial charge in [-0.1, -0.05) is 53.7 Å². The molecule has 1 saturated heterocycles. The number of rotatable bonds is 5. The fourth-order valence-corrected chi connectivity index (χ4v) is 4.70. The Balaban J connectivity index is 1.23. The molecule has 0 radical (unpaired) electrons. The number of aryl methyl sites for hydroxylation is 2. The van der Waals surface area contributed by atoms with Crippen LogP contribution in [0.1, 0.15) is 35.4 Å². The van der Waals surface area contributed by atoms with Crippen molar-refractivity contribution in [3.8, 4) is 11.3 Å². The topological polar surface area (TPSA) is 65.3 Å². The van der Waals surface area contributed by atoms with Crippen LogP contribution in [-0.2, 0) is 13.0 Å². The van der Waals surface area contributed by atoms with Crippen molar-refractivity contribution < 1.29 is 9.63 Å². The predicted molar refractivity (Wildman–Crippen MR) is 123 cm³/mol. The fraction of sp³-hybridized carbons (Fsp3) is 0.346. The first kappa shape index (κ1) is 20.0. The summed E-state index contributed by atoms with van der Waals surface area (Å²) in [5.74, 6) is 0.747. The van der Waals surface area contributed by atoms with Crippen molar-refractivity contribution in [1.82, 2.24) is 15.0 Å². The molecule has 2 N–H and O–H groups in total. The molecule has 2 aromatic heterocycles. The first-order valence-electron chi connectivity index (χ1n) is 11.0. The van der Waals surface area contributed by atoms with Crippen LogP contribution >= 0.6 is 0 Å². The van der Waals surface area contributed by atoms with E-state index >= 15 is 0 Å². The first-order chi connectivity index (χ1) is 15.0. The number of H-pyrrole nitrogens is 1. The SMILES string of the molecule is Cc1c(CN2CCC(O)(Cc3cc(-c4ccccc4)no3)CC2)[nH]c2c(C)cccc12. The maximum Gasteiger partial charge on any atom is 0.140 e. The molecule has 2 aromatic carbocycles. The Morgan fingerprint density at radius 2 is 1.84 bits per heavy atom. The van der Waals surface area contributed by atoms with E-state index in [9.17, 15) is 5.11 Å². The van der Waals surface area contributed by atoms with Gasteiger partial charge in [-0.05, 0) is 37.8 Å². The monoisotopic (exact) mass is 415 g/mol. The zero-order chi connectivity index (χ0) is 21.4. The Hall–Kier alpha value is -2.89. The van der Waals surface area contributed by atoms with Gasteiger partial charge in [0.1, 0.15) is 11.5 Å². The van der Waals surface area contributed by atoms with Crippen LogP contribution in [0.25, 0.3) is 22.2 Å². The normalized spacial score (nSPS) is 16.7. The van der Waals surface area contributed by atoms with E-state index in [1.54, 1.807) is 0 Å². The minimum atomic E-state index is -0.740. The van der Waals surface area contributed by atoms with Crippen LogP contribution in [0.2, 0.25) is 0 Å². The number of benzene rings is 2. The number of aromatic nitrogens is 2. The predicted octanol–water partition coefficient (Wildman–Crippen LogP) is 5.01. The maximum atomic E-state index is 11.2. The third-order valence-electron chi connectivity index (χ3n) is 6.71. The number of aromatic amines is 1. The molecular weight excluding hydrogens is 386 g/mol. The highest BCUT2D eigenvalue weighted by Gasteiger charge is 2.34. The minimum absolute atomic E-state index is 0.505.